The van der Waals surface area contributed by atoms with Crippen molar-refractivity contribution >= 4 is 5.78 Å². The molecule has 0 aliphatic heterocycles. The number of aryl methyl sites for hydroxylation is 1. The van der Waals surface area contributed by atoms with Crippen molar-refractivity contribution in [1.29, 1.82) is 0 Å². The van der Waals surface area contributed by atoms with Gasteiger partial charge in [-0.05, 0) is 37.0 Å². The van der Waals surface area contributed by atoms with Crippen molar-refractivity contribution in [1.82, 2.24) is 0 Å². The molecule has 0 aromatic heterocycles. The average Bonchev–Trinajstić information content (AvgIpc) is 3.22. The molecular formula is C15H20O3. The van der Waals surface area contributed by atoms with Crippen LogP contribution in [-0.2, 0) is 6.42 Å². The van der Waals surface area contributed by atoms with Crippen LogP contribution in [0.3, 0.4) is 0 Å². The van der Waals surface area contributed by atoms with Gasteiger partial charge in [0.1, 0.15) is 11.5 Å². The maximum Gasteiger partial charge on any atom is 0.169 e. The number of ether oxygens (including phenoxy) is 2. The molecule has 3 nitrogen and oxygen atoms in total. The Morgan fingerprint density at radius 3 is 2.39 bits per heavy atom. The van der Waals surface area contributed by atoms with Crippen molar-refractivity contribution in [2.24, 2.45) is 5.92 Å². The standard InChI is InChI=1S/C15H20O3/c1-4-5-11-8-14(18-3)12(9-13(11)17-2)15(16)10-6-7-10/h8-10H,4-7H2,1-3H3. The van der Waals surface area contributed by atoms with E-state index < -0.39 is 0 Å². The number of rotatable bonds is 6. The van der Waals surface area contributed by atoms with Crippen LogP contribution in [0.5, 0.6) is 11.5 Å². The molecule has 0 bridgehead atoms. The molecule has 0 atom stereocenters. The summed E-state index contributed by atoms with van der Waals surface area (Å²) in [4.78, 5) is 12.2. The second kappa shape index (κ2) is 5.42. The molecule has 1 aromatic carbocycles. The molecule has 1 aliphatic rings. The van der Waals surface area contributed by atoms with Crippen molar-refractivity contribution in [3.05, 3.63) is 23.3 Å². The van der Waals surface area contributed by atoms with Crippen molar-refractivity contribution in [3.63, 3.8) is 0 Å². The molecule has 2 rings (SSSR count). The SMILES string of the molecule is CCCc1cc(OC)c(C(=O)C2CC2)cc1OC. The van der Waals surface area contributed by atoms with Gasteiger partial charge in [-0.3, -0.25) is 4.79 Å². The van der Waals surface area contributed by atoms with Crippen LogP contribution in [0.1, 0.15) is 42.1 Å². The molecule has 0 unspecified atom stereocenters. The van der Waals surface area contributed by atoms with Crippen LogP contribution in [0.15, 0.2) is 12.1 Å². The molecule has 0 N–H and O–H groups in total. The molecule has 1 saturated carbocycles. The van der Waals surface area contributed by atoms with E-state index in [9.17, 15) is 4.79 Å². The Hall–Kier alpha value is -1.51. The number of hydrogen-bond donors (Lipinski definition) is 0. The lowest BCUT2D eigenvalue weighted by atomic mass is 10.0. The maximum absolute atomic E-state index is 12.2. The molecular weight excluding hydrogens is 228 g/mol. The van der Waals surface area contributed by atoms with E-state index in [1.807, 2.05) is 12.1 Å². The number of ketones is 1. The van der Waals surface area contributed by atoms with E-state index in [-0.39, 0.29) is 11.7 Å². The van der Waals surface area contributed by atoms with Gasteiger partial charge in [-0.2, -0.15) is 0 Å². The smallest absolute Gasteiger partial charge is 0.169 e. The quantitative estimate of drug-likeness (QED) is 0.725. The van der Waals surface area contributed by atoms with Crippen LogP contribution < -0.4 is 9.47 Å². The lowest BCUT2D eigenvalue weighted by Gasteiger charge is -2.13. The zero-order valence-corrected chi connectivity index (χ0v) is 11.3. The van der Waals surface area contributed by atoms with E-state index in [4.69, 9.17) is 9.47 Å². The average molecular weight is 248 g/mol. The molecule has 1 fully saturated rings. The van der Waals surface area contributed by atoms with Crippen molar-refractivity contribution < 1.29 is 14.3 Å². The second-order valence-corrected chi connectivity index (χ2v) is 4.75. The van der Waals surface area contributed by atoms with Gasteiger partial charge in [-0.1, -0.05) is 13.3 Å². The Morgan fingerprint density at radius 2 is 1.89 bits per heavy atom. The molecule has 0 spiro atoms. The minimum atomic E-state index is 0.188. The van der Waals surface area contributed by atoms with Gasteiger partial charge in [0.15, 0.2) is 5.78 Å². The zero-order valence-electron chi connectivity index (χ0n) is 11.3. The van der Waals surface area contributed by atoms with E-state index in [2.05, 4.69) is 6.92 Å². The largest absolute Gasteiger partial charge is 0.496 e. The molecule has 0 amide bonds. The zero-order chi connectivity index (χ0) is 13.1. The van der Waals surface area contributed by atoms with Gasteiger partial charge in [0, 0.05) is 5.92 Å². The number of benzene rings is 1. The summed E-state index contributed by atoms with van der Waals surface area (Å²) in [6, 6.07) is 3.78. The lowest BCUT2D eigenvalue weighted by molar-refractivity contribution is 0.0964. The predicted octanol–water partition coefficient (Wildman–Crippen LogP) is 3.25. The predicted molar refractivity (Wildman–Crippen MR) is 70.6 cm³/mol. The number of carbonyl (C=O) groups is 1. The van der Waals surface area contributed by atoms with Gasteiger partial charge in [0.2, 0.25) is 0 Å². The summed E-state index contributed by atoms with van der Waals surface area (Å²) in [5, 5.41) is 0. The van der Waals surface area contributed by atoms with Gasteiger partial charge >= 0.3 is 0 Å². The van der Waals surface area contributed by atoms with Gasteiger partial charge in [-0.25, -0.2) is 0 Å². The highest BCUT2D eigenvalue weighted by Gasteiger charge is 2.32. The monoisotopic (exact) mass is 248 g/mol. The number of methoxy groups -OCH3 is 2. The van der Waals surface area contributed by atoms with Crippen LogP contribution in [0.2, 0.25) is 0 Å². The Labute approximate surface area is 108 Å². The van der Waals surface area contributed by atoms with E-state index in [0.717, 1.165) is 37.0 Å². The molecule has 0 radical (unpaired) electrons. The van der Waals surface area contributed by atoms with Crippen LogP contribution in [0, 0.1) is 5.92 Å². The van der Waals surface area contributed by atoms with E-state index in [1.54, 1.807) is 14.2 Å². The molecule has 3 heteroatoms. The highest BCUT2D eigenvalue weighted by Crippen LogP contribution is 2.38. The van der Waals surface area contributed by atoms with Gasteiger partial charge in [-0.15, -0.1) is 0 Å². The lowest BCUT2D eigenvalue weighted by Crippen LogP contribution is -2.06. The van der Waals surface area contributed by atoms with Gasteiger partial charge < -0.3 is 9.47 Å². The molecule has 0 saturated heterocycles. The number of carbonyl (C=O) groups excluding carboxylic acids is 1. The fourth-order valence-electron chi connectivity index (χ4n) is 2.18. The Morgan fingerprint density at radius 1 is 1.22 bits per heavy atom. The summed E-state index contributed by atoms with van der Waals surface area (Å²) in [7, 11) is 3.26. The van der Waals surface area contributed by atoms with Crippen LogP contribution in [-0.4, -0.2) is 20.0 Å². The topological polar surface area (TPSA) is 35.5 Å². The highest BCUT2D eigenvalue weighted by atomic mass is 16.5. The second-order valence-electron chi connectivity index (χ2n) is 4.75. The minimum Gasteiger partial charge on any atom is -0.496 e. The van der Waals surface area contributed by atoms with Gasteiger partial charge in [0.05, 0.1) is 19.8 Å². The summed E-state index contributed by atoms with van der Waals surface area (Å²) in [6.45, 7) is 2.12. The van der Waals surface area contributed by atoms with Crippen molar-refractivity contribution in [3.8, 4) is 11.5 Å². The molecule has 0 heterocycles. The summed E-state index contributed by atoms with van der Waals surface area (Å²) in [5.41, 5.74) is 1.76. The number of hydrogen-bond acceptors (Lipinski definition) is 3. The highest BCUT2D eigenvalue weighted by molar-refractivity contribution is 6.02. The third kappa shape index (κ3) is 2.50. The Balaban J connectivity index is 2.41. The van der Waals surface area contributed by atoms with Crippen LogP contribution >= 0.6 is 0 Å². The minimum absolute atomic E-state index is 0.188. The summed E-state index contributed by atoms with van der Waals surface area (Å²) < 4.78 is 10.7. The third-order valence-corrected chi connectivity index (χ3v) is 3.34. The summed E-state index contributed by atoms with van der Waals surface area (Å²) >= 11 is 0. The first-order chi connectivity index (χ1) is 8.71. The first-order valence-electron chi connectivity index (χ1n) is 6.50. The van der Waals surface area contributed by atoms with Crippen molar-refractivity contribution in [2.45, 2.75) is 32.6 Å². The van der Waals surface area contributed by atoms with E-state index in [1.165, 1.54) is 0 Å². The first kappa shape index (κ1) is 12.9. The van der Waals surface area contributed by atoms with Gasteiger partial charge in [0.25, 0.3) is 0 Å². The molecule has 1 aromatic rings. The van der Waals surface area contributed by atoms with E-state index >= 15 is 0 Å². The summed E-state index contributed by atoms with van der Waals surface area (Å²) in [5.74, 6) is 1.85. The molecule has 1 aliphatic carbocycles. The first-order valence-corrected chi connectivity index (χ1v) is 6.50. The van der Waals surface area contributed by atoms with Crippen molar-refractivity contribution in [2.75, 3.05) is 14.2 Å². The molecule has 18 heavy (non-hydrogen) atoms. The maximum atomic E-state index is 12.2. The van der Waals surface area contributed by atoms with E-state index in [0.29, 0.717) is 11.3 Å². The number of Topliss-reactive ketones (excluding diaryl/α,β-unsaturated/α-hetero) is 1. The normalized spacial score (nSPS) is 14.4. The van der Waals surface area contributed by atoms with Crippen LogP contribution in [0.25, 0.3) is 0 Å². The summed E-state index contributed by atoms with van der Waals surface area (Å²) in [6.07, 6.45) is 3.97. The Kier molecular flexibility index (Phi) is 3.90. The fraction of sp³-hybridized carbons (Fsp3) is 0.533. The fourth-order valence-corrected chi connectivity index (χ4v) is 2.18. The third-order valence-electron chi connectivity index (χ3n) is 3.34. The Bertz CT molecular complexity index is 447. The molecule has 98 valence electrons. The van der Waals surface area contributed by atoms with Crippen LogP contribution in [0.4, 0.5) is 0 Å².